The molecule has 2 aliphatic rings. The number of hydrogen-bond donors (Lipinski definition) is 3. The summed E-state index contributed by atoms with van der Waals surface area (Å²) in [5.74, 6) is 0.655. The summed E-state index contributed by atoms with van der Waals surface area (Å²) in [6.45, 7) is 0. The van der Waals surface area contributed by atoms with Gasteiger partial charge in [-0.2, -0.15) is 0 Å². The molecule has 0 fully saturated rings. The molecule has 0 bridgehead atoms. The highest BCUT2D eigenvalue weighted by atomic mass is 16.3. The van der Waals surface area contributed by atoms with Crippen LogP contribution in [0.15, 0.2) is 60.7 Å². The van der Waals surface area contributed by atoms with E-state index in [2.05, 4.69) is 0 Å². The molecule has 140 valence electrons. The lowest BCUT2D eigenvalue weighted by Crippen LogP contribution is -1.98. The van der Waals surface area contributed by atoms with Crippen molar-refractivity contribution in [3.8, 4) is 50.9 Å². The molecule has 0 spiro atoms. The molecule has 3 N–H and O–H groups in total. The van der Waals surface area contributed by atoms with Crippen LogP contribution in [0.3, 0.4) is 0 Å². The number of nitrogens with zero attached hydrogens (tertiary/aromatic N) is 1. The van der Waals surface area contributed by atoms with Gasteiger partial charge in [-0.05, 0) is 58.1 Å². The van der Waals surface area contributed by atoms with Crippen LogP contribution in [0, 0.1) is 0 Å². The lowest BCUT2D eigenvalue weighted by molar-refractivity contribution is 0.475. The maximum Gasteiger partial charge on any atom is 0.123 e. The Hall–Kier alpha value is -3.79. The van der Waals surface area contributed by atoms with E-state index in [1.54, 1.807) is 30.3 Å². The molecule has 0 amide bonds. The van der Waals surface area contributed by atoms with Crippen LogP contribution in [0.25, 0.3) is 33.6 Å². The summed E-state index contributed by atoms with van der Waals surface area (Å²) in [6.07, 6.45) is 1.41. The topological polar surface area (TPSA) is 73.6 Å². The van der Waals surface area contributed by atoms with Gasteiger partial charge in [0.05, 0.1) is 11.4 Å². The van der Waals surface area contributed by atoms with Gasteiger partial charge >= 0.3 is 0 Å². The standard InChI is InChI=1S/C25H17NO3/c27-15-7-5-13-9-20-23(17-3-1-2-4-22(17)29)21-10-14-6-8-16(28)12-19(14)25(21)26-24(20)18(13)11-15/h1-8,11-12,27-29H,9-10H2. The number of benzene rings is 3. The number of para-hydroxylation sites is 1. The van der Waals surface area contributed by atoms with Crippen LogP contribution in [-0.2, 0) is 12.8 Å². The van der Waals surface area contributed by atoms with Crippen LogP contribution in [0.2, 0.25) is 0 Å². The summed E-state index contributed by atoms with van der Waals surface area (Å²) < 4.78 is 0. The van der Waals surface area contributed by atoms with Crippen molar-refractivity contribution >= 4 is 0 Å². The third kappa shape index (κ3) is 2.23. The Morgan fingerprint density at radius 3 is 1.72 bits per heavy atom. The van der Waals surface area contributed by atoms with Crippen molar-refractivity contribution in [3.63, 3.8) is 0 Å². The van der Waals surface area contributed by atoms with Crippen LogP contribution in [0.5, 0.6) is 17.2 Å². The van der Waals surface area contributed by atoms with Crippen LogP contribution < -0.4 is 0 Å². The molecular formula is C25H17NO3. The maximum absolute atomic E-state index is 10.6. The first-order valence-electron chi connectivity index (χ1n) is 9.59. The molecule has 3 aromatic carbocycles. The average Bonchev–Trinajstić information content (AvgIpc) is 3.25. The molecule has 4 aromatic rings. The summed E-state index contributed by atoms with van der Waals surface area (Å²) in [4.78, 5) is 5.01. The monoisotopic (exact) mass is 379 g/mol. The fraction of sp³-hybridized carbons (Fsp3) is 0.0800. The molecule has 4 heteroatoms. The van der Waals surface area contributed by atoms with Crippen molar-refractivity contribution in [2.45, 2.75) is 12.8 Å². The molecule has 1 heterocycles. The quantitative estimate of drug-likeness (QED) is 0.376. The number of aromatic nitrogens is 1. The van der Waals surface area contributed by atoms with Gasteiger partial charge in [0, 0.05) is 29.5 Å². The largest absolute Gasteiger partial charge is 0.508 e. The smallest absolute Gasteiger partial charge is 0.123 e. The van der Waals surface area contributed by atoms with Gasteiger partial charge in [0.2, 0.25) is 0 Å². The molecular weight excluding hydrogens is 362 g/mol. The minimum Gasteiger partial charge on any atom is -0.508 e. The van der Waals surface area contributed by atoms with E-state index in [-0.39, 0.29) is 17.2 Å². The summed E-state index contributed by atoms with van der Waals surface area (Å²) in [5.41, 5.74) is 9.69. The zero-order valence-electron chi connectivity index (χ0n) is 15.5. The number of pyridine rings is 1. The van der Waals surface area contributed by atoms with E-state index < -0.39 is 0 Å². The summed E-state index contributed by atoms with van der Waals surface area (Å²) in [7, 11) is 0. The SMILES string of the molecule is Oc1ccc2c(c1)-c1nc3c(c(-c4ccccc4O)c1C2)Cc1ccc(O)cc1-3. The molecule has 0 unspecified atom stereocenters. The zero-order chi connectivity index (χ0) is 19.7. The Bertz CT molecular complexity index is 1260. The van der Waals surface area contributed by atoms with E-state index in [0.29, 0.717) is 12.8 Å². The highest BCUT2D eigenvalue weighted by Crippen LogP contribution is 2.50. The molecule has 0 aliphatic heterocycles. The molecule has 29 heavy (non-hydrogen) atoms. The number of rotatable bonds is 1. The highest BCUT2D eigenvalue weighted by Gasteiger charge is 2.32. The summed E-state index contributed by atoms with van der Waals surface area (Å²) in [6, 6.07) is 18.2. The van der Waals surface area contributed by atoms with E-state index in [0.717, 1.165) is 55.9 Å². The van der Waals surface area contributed by atoms with Gasteiger partial charge in [0.25, 0.3) is 0 Å². The number of phenols is 3. The Kier molecular flexibility index (Phi) is 3.13. The van der Waals surface area contributed by atoms with E-state index >= 15 is 0 Å². The molecule has 1 aromatic heterocycles. The normalized spacial score (nSPS) is 13.0. The average molecular weight is 379 g/mol. The molecule has 0 saturated carbocycles. The lowest BCUT2D eigenvalue weighted by Gasteiger charge is -2.16. The Morgan fingerprint density at radius 2 is 1.17 bits per heavy atom. The molecule has 6 rings (SSSR count). The summed E-state index contributed by atoms with van der Waals surface area (Å²) >= 11 is 0. The predicted octanol–water partition coefficient (Wildman–Crippen LogP) is 5.01. The van der Waals surface area contributed by atoms with Gasteiger partial charge < -0.3 is 15.3 Å². The highest BCUT2D eigenvalue weighted by molar-refractivity contribution is 5.93. The van der Waals surface area contributed by atoms with Gasteiger partial charge in [-0.15, -0.1) is 0 Å². The number of fused-ring (bicyclic) bond motifs is 6. The minimum atomic E-state index is 0.209. The number of hydrogen-bond acceptors (Lipinski definition) is 4. The van der Waals surface area contributed by atoms with Gasteiger partial charge in [0.1, 0.15) is 17.2 Å². The molecule has 0 saturated heterocycles. The second-order valence-corrected chi connectivity index (χ2v) is 7.69. The number of phenolic OH excluding ortho intramolecular Hbond substituents is 3. The zero-order valence-corrected chi connectivity index (χ0v) is 15.5. The van der Waals surface area contributed by atoms with E-state index in [1.165, 1.54) is 0 Å². The Labute approximate surface area is 167 Å². The van der Waals surface area contributed by atoms with Gasteiger partial charge in [-0.1, -0.05) is 30.3 Å². The van der Waals surface area contributed by atoms with E-state index in [4.69, 9.17) is 4.98 Å². The van der Waals surface area contributed by atoms with Gasteiger partial charge in [-0.25, -0.2) is 4.98 Å². The predicted molar refractivity (Wildman–Crippen MR) is 111 cm³/mol. The molecule has 2 aliphatic carbocycles. The molecule has 4 nitrogen and oxygen atoms in total. The van der Waals surface area contributed by atoms with Crippen molar-refractivity contribution in [2.24, 2.45) is 0 Å². The van der Waals surface area contributed by atoms with Crippen molar-refractivity contribution in [1.82, 2.24) is 4.98 Å². The first kappa shape index (κ1) is 16.2. The molecule has 0 radical (unpaired) electrons. The van der Waals surface area contributed by atoms with Crippen molar-refractivity contribution in [2.75, 3.05) is 0 Å². The fourth-order valence-electron chi connectivity index (χ4n) is 4.72. The van der Waals surface area contributed by atoms with Crippen molar-refractivity contribution < 1.29 is 15.3 Å². The van der Waals surface area contributed by atoms with Crippen molar-refractivity contribution in [1.29, 1.82) is 0 Å². The first-order valence-corrected chi connectivity index (χ1v) is 9.59. The van der Waals surface area contributed by atoms with Crippen LogP contribution in [-0.4, -0.2) is 20.3 Å². The second-order valence-electron chi connectivity index (χ2n) is 7.69. The first-order chi connectivity index (χ1) is 14.1. The fourth-order valence-corrected chi connectivity index (χ4v) is 4.72. The number of aromatic hydroxyl groups is 3. The van der Waals surface area contributed by atoms with E-state index in [1.807, 2.05) is 30.3 Å². The molecule has 0 atom stereocenters. The maximum atomic E-state index is 10.6. The van der Waals surface area contributed by atoms with Crippen LogP contribution >= 0.6 is 0 Å². The Morgan fingerprint density at radius 1 is 0.621 bits per heavy atom. The Balaban J connectivity index is 1.72. The second kappa shape index (κ2) is 5.61. The van der Waals surface area contributed by atoms with Crippen LogP contribution in [0.4, 0.5) is 0 Å². The summed E-state index contributed by atoms with van der Waals surface area (Å²) in [5, 5.41) is 30.7. The van der Waals surface area contributed by atoms with E-state index in [9.17, 15) is 15.3 Å². The van der Waals surface area contributed by atoms with Gasteiger partial charge in [-0.3, -0.25) is 0 Å². The lowest BCUT2D eigenvalue weighted by atomic mass is 9.91. The third-order valence-corrected chi connectivity index (χ3v) is 6.00. The van der Waals surface area contributed by atoms with Crippen molar-refractivity contribution in [3.05, 3.63) is 82.9 Å². The minimum absolute atomic E-state index is 0.209. The third-order valence-electron chi connectivity index (χ3n) is 6.00. The van der Waals surface area contributed by atoms with Crippen LogP contribution in [0.1, 0.15) is 22.3 Å². The van der Waals surface area contributed by atoms with Gasteiger partial charge in [0.15, 0.2) is 0 Å².